The molecule has 1 aliphatic rings. The smallest absolute Gasteiger partial charge is 0.201 e. The van der Waals surface area contributed by atoms with Gasteiger partial charge in [0.25, 0.3) is 0 Å². The maximum Gasteiger partial charge on any atom is 0.201 e. The number of nitrogens with two attached hydrogens (primary N) is 1. The third kappa shape index (κ3) is 1.85. The van der Waals surface area contributed by atoms with Gasteiger partial charge in [-0.05, 0) is 25.0 Å². The molecular weight excluding hydrogens is 240 g/mol. The van der Waals surface area contributed by atoms with Crippen LogP contribution in [0.1, 0.15) is 37.3 Å². The summed E-state index contributed by atoms with van der Waals surface area (Å²) in [5.41, 5.74) is 7.98. The van der Waals surface area contributed by atoms with E-state index >= 15 is 0 Å². The Morgan fingerprint density at radius 3 is 2.89 bits per heavy atom. The molecule has 5 nitrogen and oxygen atoms in total. The Morgan fingerprint density at radius 2 is 2.16 bits per heavy atom. The van der Waals surface area contributed by atoms with Gasteiger partial charge >= 0.3 is 0 Å². The first kappa shape index (κ1) is 12.0. The molecule has 1 fully saturated rings. The summed E-state index contributed by atoms with van der Waals surface area (Å²) in [6.07, 6.45) is 3.43. The number of hydrogen-bond donors (Lipinski definition) is 2. The highest BCUT2D eigenvalue weighted by Gasteiger charge is 2.28. The van der Waals surface area contributed by atoms with Crippen LogP contribution in [-0.4, -0.2) is 20.8 Å². The average molecular weight is 256 g/mol. The second kappa shape index (κ2) is 4.56. The van der Waals surface area contributed by atoms with Crippen molar-refractivity contribution in [2.75, 3.05) is 5.73 Å². The molecule has 0 radical (unpaired) electrons. The molecule has 1 aromatic heterocycles. The summed E-state index contributed by atoms with van der Waals surface area (Å²) in [6, 6.07) is 7.56. The first-order valence-electron chi connectivity index (χ1n) is 6.57. The zero-order valence-corrected chi connectivity index (χ0v) is 10.6. The predicted molar refractivity (Wildman–Crippen MR) is 72.4 cm³/mol. The van der Waals surface area contributed by atoms with Crippen molar-refractivity contribution in [1.29, 1.82) is 5.26 Å². The molecular formula is C14H16N4O. The fraction of sp³-hybridized carbons (Fsp3) is 0.429. The lowest BCUT2D eigenvalue weighted by molar-refractivity contribution is 0.0783. The van der Waals surface area contributed by atoms with E-state index in [9.17, 15) is 5.11 Å². The highest BCUT2D eigenvalue weighted by atomic mass is 16.3. The van der Waals surface area contributed by atoms with E-state index in [1.165, 1.54) is 0 Å². The molecule has 98 valence electrons. The number of nitrogen functional groups attached to an aromatic ring is 1. The molecule has 2 atom stereocenters. The lowest BCUT2D eigenvalue weighted by Gasteiger charge is -2.29. The van der Waals surface area contributed by atoms with Gasteiger partial charge in [0, 0.05) is 0 Å². The van der Waals surface area contributed by atoms with E-state index in [4.69, 9.17) is 11.0 Å². The lowest BCUT2D eigenvalue weighted by atomic mass is 9.92. The molecule has 0 amide bonds. The number of nitrogens with zero attached hydrogens (tertiary/aromatic N) is 3. The minimum atomic E-state index is -0.390. The second-order valence-electron chi connectivity index (χ2n) is 5.04. The van der Waals surface area contributed by atoms with Gasteiger partial charge in [-0.2, -0.15) is 5.26 Å². The topological polar surface area (TPSA) is 87.9 Å². The number of anilines is 1. The zero-order chi connectivity index (χ0) is 13.4. The van der Waals surface area contributed by atoms with Crippen LogP contribution in [0, 0.1) is 11.3 Å². The Kier molecular flexibility index (Phi) is 2.88. The van der Waals surface area contributed by atoms with E-state index in [1.807, 2.05) is 16.7 Å². The van der Waals surface area contributed by atoms with E-state index in [-0.39, 0.29) is 12.1 Å². The molecule has 1 aliphatic carbocycles. The molecule has 3 rings (SSSR count). The molecule has 5 heteroatoms. The lowest BCUT2D eigenvalue weighted by Crippen LogP contribution is -2.28. The van der Waals surface area contributed by atoms with Crippen LogP contribution in [0.4, 0.5) is 5.95 Å². The number of aliphatic hydroxyl groups excluding tert-OH is 1. The number of imidazole rings is 1. The molecule has 1 saturated carbocycles. The van der Waals surface area contributed by atoms with Crippen LogP contribution in [0.25, 0.3) is 11.0 Å². The number of para-hydroxylation sites is 1. The predicted octanol–water partition coefficient (Wildman–Crippen LogP) is 1.97. The number of nitriles is 1. The van der Waals surface area contributed by atoms with Gasteiger partial charge in [-0.15, -0.1) is 0 Å². The van der Waals surface area contributed by atoms with Crippen molar-refractivity contribution in [2.24, 2.45) is 0 Å². The number of aliphatic hydroxyl groups is 1. The molecule has 2 unspecified atom stereocenters. The van der Waals surface area contributed by atoms with Crippen molar-refractivity contribution < 1.29 is 5.11 Å². The fourth-order valence-corrected chi connectivity index (χ4v) is 2.97. The summed E-state index contributed by atoms with van der Waals surface area (Å²) >= 11 is 0. The van der Waals surface area contributed by atoms with Crippen LogP contribution in [0.3, 0.4) is 0 Å². The molecule has 3 N–H and O–H groups in total. The van der Waals surface area contributed by atoms with Crippen LogP contribution in [0.15, 0.2) is 18.2 Å². The minimum Gasteiger partial charge on any atom is -0.391 e. The zero-order valence-electron chi connectivity index (χ0n) is 10.6. The highest BCUT2D eigenvalue weighted by Crippen LogP contribution is 2.34. The normalized spacial score (nSPS) is 23.4. The number of hydrogen-bond acceptors (Lipinski definition) is 4. The summed E-state index contributed by atoms with van der Waals surface area (Å²) in [5.74, 6) is 0.378. The monoisotopic (exact) mass is 256 g/mol. The molecule has 0 saturated heterocycles. The van der Waals surface area contributed by atoms with Crippen molar-refractivity contribution in [3.05, 3.63) is 23.8 Å². The third-order valence-electron chi connectivity index (χ3n) is 3.89. The fourth-order valence-electron chi connectivity index (χ4n) is 2.97. The van der Waals surface area contributed by atoms with Gasteiger partial charge in [0.15, 0.2) is 0 Å². The van der Waals surface area contributed by atoms with Gasteiger partial charge in [0.05, 0.1) is 23.2 Å². The summed E-state index contributed by atoms with van der Waals surface area (Å²) < 4.78 is 1.89. The van der Waals surface area contributed by atoms with E-state index in [0.29, 0.717) is 17.0 Å². The van der Waals surface area contributed by atoms with Crippen molar-refractivity contribution >= 4 is 17.0 Å². The van der Waals surface area contributed by atoms with Crippen LogP contribution in [0.2, 0.25) is 0 Å². The molecule has 1 aromatic carbocycles. The van der Waals surface area contributed by atoms with E-state index in [0.717, 1.165) is 31.2 Å². The Labute approximate surface area is 111 Å². The minimum absolute atomic E-state index is 0.0345. The Hall–Kier alpha value is -2.06. The van der Waals surface area contributed by atoms with Crippen LogP contribution in [0.5, 0.6) is 0 Å². The Morgan fingerprint density at radius 1 is 1.37 bits per heavy atom. The van der Waals surface area contributed by atoms with Crippen LogP contribution >= 0.6 is 0 Å². The van der Waals surface area contributed by atoms with Gasteiger partial charge in [-0.25, -0.2) is 4.98 Å². The van der Waals surface area contributed by atoms with Gasteiger partial charge in [0.1, 0.15) is 11.6 Å². The van der Waals surface area contributed by atoms with E-state index in [1.54, 1.807) is 6.07 Å². The van der Waals surface area contributed by atoms with Gasteiger partial charge in [0.2, 0.25) is 5.95 Å². The van der Waals surface area contributed by atoms with Crippen LogP contribution in [-0.2, 0) is 0 Å². The van der Waals surface area contributed by atoms with Gasteiger partial charge in [-0.3, -0.25) is 0 Å². The summed E-state index contributed by atoms with van der Waals surface area (Å²) in [6.45, 7) is 0. The molecule has 0 spiro atoms. The average Bonchev–Trinajstić information content (AvgIpc) is 2.75. The summed E-state index contributed by atoms with van der Waals surface area (Å²) in [4.78, 5) is 4.30. The molecule has 2 aromatic rings. The number of fused-ring (bicyclic) bond motifs is 1. The van der Waals surface area contributed by atoms with Crippen molar-refractivity contribution in [2.45, 2.75) is 37.8 Å². The van der Waals surface area contributed by atoms with Crippen molar-refractivity contribution in [1.82, 2.24) is 9.55 Å². The SMILES string of the molecule is N#Cc1cccc2c1nc(N)n2C1CCCCC1O. The first-order valence-corrected chi connectivity index (χ1v) is 6.57. The molecule has 0 aliphatic heterocycles. The van der Waals surface area contributed by atoms with Crippen LogP contribution < -0.4 is 5.73 Å². The van der Waals surface area contributed by atoms with Crippen molar-refractivity contribution in [3.8, 4) is 6.07 Å². The number of benzene rings is 1. The quantitative estimate of drug-likeness (QED) is 0.816. The molecule has 19 heavy (non-hydrogen) atoms. The van der Waals surface area contributed by atoms with Gasteiger partial charge in [-0.1, -0.05) is 18.9 Å². The molecule has 0 bridgehead atoms. The number of aromatic nitrogens is 2. The largest absolute Gasteiger partial charge is 0.391 e. The second-order valence-corrected chi connectivity index (χ2v) is 5.04. The maximum absolute atomic E-state index is 10.2. The van der Waals surface area contributed by atoms with E-state index in [2.05, 4.69) is 11.1 Å². The molecule has 1 heterocycles. The Balaban J connectivity index is 2.18. The summed E-state index contributed by atoms with van der Waals surface area (Å²) in [5, 5.41) is 19.3. The number of rotatable bonds is 1. The summed E-state index contributed by atoms with van der Waals surface area (Å²) in [7, 11) is 0. The standard InChI is InChI=1S/C14H16N4O/c15-8-9-4-3-6-11-13(9)17-14(16)18(11)10-5-1-2-7-12(10)19/h3-4,6,10,12,19H,1-2,5,7H2,(H2,16,17). The maximum atomic E-state index is 10.2. The van der Waals surface area contributed by atoms with Gasteiger partial charge < -0.3 is 15.4 Å². The first-order chi connectivity index (χ1) is 9.22. The van der Waals surface area contributed by atoms with E-state index < -0.39 is 0 Å². The third-order valence-corrected chi connectivity index (χ3v) is 3.89. The highest BCUT2D eigenvalue weighted by molar-refractivity contribution is 5.84. The Bertz CT molecular complexity index is 655. The van der Waals surface area contributed by atoms with Crippen molar-refractivity contribution in [3.63, 3.8) is 0 Å².